The van der Waals surface area contributed by atoms with Gasteiger partial charge >= 0.3 is 0 Å². The van der Waals surface area contributed by atoms with E-state index in [9.17, 15) is 0 Å². The monoisotopic (exact) mass is 246 g/mol. The van der Waals surface area contributed by atoms with Gasteiger partial charge in [-0.3, -0.25) is 0 Å². The third-order valence-electron chi connectivity index (χ3n) is 4.10. The molecule has 1 aliphatic rings. The molecule has 1 aliphatic heterocycles. The number of nitrogens with zero attached hydrogens (tertiary/aromatic N) is 1. The van der Waals surface area contributed by atoms with Gasteiger partial charge in [0, 0.05) is 24.8 Å². The molecule has 0 unspecified atom stereocenters. The van der Waals surface area contributed by atoms with E-state index in [2.05, 4.69) is 36.1 Å². The van der Waals surface area contributed by atoms with E-state index in [0.29, 0.717) is 0 Å². The molecule has 1 saturated heterocycles. The number of piperidine rings is 1. The number of nitrogens with two attached hydrogens (primary N) is 1. The summed E-state index contributed by atoms with van der Waals surface area (Å²) in [5, 5.41) is 0. The first-order valence-corrected chi connectivity index (χ1v) is 7.31. The molecular formula is C16H26N2. The van der Waals surface area contributed by atoms with E-state index in [-0.39, 0.29) is 6.04 Å². The second-order valence-electron chi connectivity index (χ2n) is 5.60. The Bertz CT molecular complexity index is 348. The molecule has 0 amide bonds. The summed E-state index contributed by atoms with van der Waals surface area (Å²) in [4.78, 5) is 2.51. The molecule has 1 heterocycles. The van der Waals surface area contributed by atoms with E-state index in [1.165, 1.54) is 50.0 Å². The Morgan fingerprint density at radius 2 is 1.83 bits per heavy atom. The van der Waals surface area contributed by atoms with Crippen molar-refractivity contribution in [2.24, 2.45) is 11.7 Å². The molecule has 0 saturated carbocycles. The maximum absolute atomic E-state index is 5.88. The van der Waals surface area contributed by atoms with Crippen LogP contribution in [-0.4, -0.2) is 13.1 Å². The largest absolute Gasteiger partial charge is 0.372 e. The zero-order valence-corrected chi connectivity index (χ0v) is 11.7. The molecule has 1 aromatic carbocycles. The van der Waals surface area contributed by atoms with Gasteiger partial charge in [-0.15, -0.1) is 0 Å². The van der Waals surface area contributed by atoms with Gasteiger partial charge < -0.3 is 10.6 Å². The van der Waals surface area contributed by atoms with Crippen molar-refractivity contribution in [1.29, 1.82) is 0 Å². The van der Waals surface area contributed by atoms with Crippen LogP contribution in [0, 0.1) is 5.92 Å². The normalized spacial score (nSPS) is 18.9. The van der Waals surface area contributed by atoms with Crippen LogP contribution in [0.4, 0.5) is 5.69 Å². The summed E-state index contributed by atoms with van der Waals surface area (Å²) in [5.74, 6) is 0.953. The fraction of sp³-hybridized carbons (Fsp3) is 0.625. The number of hydrogen-bond donors (Lipinski definition) is 1. The minimum Gasteiger partial charge on any atom is -0.372 e. The average Bonchev–Trinajstić information content (AvgIpc) is 2.40. The summed E-state index contributed by atoms with van der Waals surface area (Å²) in [5.41, 5.74) is 8.46. The molecule has 1 atom stereocenters. The first-order chi connectivity index (χ1) is 8.70. The predicted octanol–water partition coefficient (Wildman–Crippen LogP) is 3.72. The molecule has 2 nitrogen and oxygen atoms in total. The Morgan fingerprint density at radius 1 is 1.22 bits per heavy atom. The first-order valence-electron chi connectivity index (χ1n) is 7.31. The fourth-order valence-electron chi connectivity index (χ4n) is 2.88. The Kier molecular flexibility index (Phi) is 4.65. The zero-order chi connectivity index (χ0) is 13.0. The third kappa shape index (κ3) is 3.26. The Morgan fingerprint density at radius 3 is 2.33 bits per heavy atom. The highest BCUT2D eigenvalue weighted by Gasteiger charge is 2.18. The van der Waals surface area contributed by atoms with Crippen LogP contribution in [0.1, 0.15) is 51.1 Å². The van der Waals surface area contributed by atoms with Crippen LogP contribution < -0.4 is 10.6 Å². The van der Waals surface area contributed by atoms with Crippen molar-refractivity contribution in [2.45, 2.75) is 45.6 Å². The van der Waals surface area contributed by atoms with Crippen molar-refractivity contribution in [3.05, 3.63) is 29.8 Å². The molecule has 100 valence electrons. The third-order valence-corrected chi connectivity index (χ3v) is 4.10. The lowest BCUT2D eigenvalue weighted by Gasteiger charge is -2.33. The first kappa shape index (κ1) is 13.4. The molecule has 0 aromatic heterocycles. The highest BCUT2D eigenvalue weighted by atomic mass is 15.1. The Hall–Kier alpha value is -1.02. The lowest BCUT2D eigenvalue weighted by Crippen LogP contribution is -2.33. The molecule has 0 radical (unpaired) electrons. The topological polar surface area (TPSA) is 29.3 Å². The average molecular weight is 246 g/mol. The second-order valence-corrected chi connectivity index (χ2v) is 5.60. The van der Waals surface area contributed by atoms with Gasteiger partial charge in [-0.1, -0.05) is 31.9 Å². The van der Waals surface area contributed by atoms with E-state index < -0.39 is 0 Å². The molecule has 0 spiro atoms. The van der Waals surface area contributed by atoms with E-state index in [0.717, 1.165) is 5.92 Å². The van der Waals surface area contributed by atoms with Gasteiger partial charge in [-0.2, -0.15) is 0 Å². The van der Waals surface area contributed by atoms with Crippen LogP contribution in [0.5, 0.6) is 0 Å². The van der Waals surface area contributed by atoms with Gasteiger partial charge in [0.2, 0.25) is 0 Å². The van der Waals surface area contributed by atoms with Crippen LogP contribution in [0.3, 0.4) is 0 Å². The van der Waals surface area contributed by atoms with Crippen molar-refractivity contribution < 1.29 is 0 Å². The van der Waals surface area contributed by atoms with Gasteiger partial charge in [0.15, 0.2) is 0 Å². The second kappa shape index (κ2) is 6.24. The maximum atomic E-state index is 5.88. The number of rotatable bonds is 4. The summed E-state index contributed by atoms with van der Waals surface area (Å²) >= 11 is 0. The van der Waals surface area contributed by atoms with Crippen molar-refractivity contribution in [3.63, 3.8) is 0 Å². The zero-order valence-electron chi connectivity index (χ0n) is 11.7. The number of benzene rings is 1. The highest BCUT2D eigenvalue weighted by molar-refractivity contribution is 5.48. The number of anilines is 1. The SMILES string of the molecule is CCCC1CCN(c2ccc([C@H](C)N)cc2)CC1. The fourth-order valence-corrected chi connectivity index (χ4v) is 2.88. The summed E-state index contributed by atoms with van der Waals surface area (Å²) in [7, 11) is 0. The van der Waals surface area contributed by atoms with Crippen LogP contribution in [-0.2, 0) is 0 Å². The van der Waals surface area contributed by atoms with Gasteiger partial charge in [0.1, 0.15) is 0 Å². The Balaban J connectivity index is 1.93. The maximum Gasteiger partial charge on any atom is 0.0366 e. The highest BCUT2D eigenvalue weighted by Crippen LogP contribution is 2.26. The minimum absolute atomic E-state index is 0.134. The molecule has 2 heteroatoms. The summed E-state index contributed by atoms with van der Waals surface area (Å²) in [6.07, 6.45) is 5.43. The molecule has 2 rings (SSSR count). The van der Waals surface area contributed by atoms with Crippen molar-refractivity contribution in [3.8, 4) is 0 Å². The van der Waals surface area contributed by atoms with Gasteiger partial charge in [0.05, 0.1) is 0 Å². The lowest BCUT2D eigenvalue weighted by molar-refractivity contribution is 0.378. The molecule has 0 aliphatic carbocycles. The van der Waals surface area contributed by atoms with E-state index in [4.69, 9.17) is 5.73 Å². The molecule has 0 bridgehead atoms. The van der Waals surface area contributed by atoms with E-state index in [1.807, 2.05) is 6.92 Å². The van der Waals surface area contributed by atoms with Crippen molar-refractivity contribution >= 4 is 5.69 Å². The van der Waals surface area contributed by atoms with Crippen LogP contribution in [0.15, 0.2) is 24.3 Å². The van der Waals surface area contributed by atoms with Crippen LogP contribution in [0.25, 0.3) is 0 Å². The van der Waals surface area contributed by atoms with Gasteiger partial charge in [-0.25, -0.2) is 0 Å². The van der Waals surface area contributed by atoms with E-state index in [1.54, 1.807) is 0 Å². The lowest BCUT2D eigenvalue weighted by atomic mass is 9.92. The van der Waals surface area contributed by atoms with Crippen molar-refractivity contribution in [1.82, 2.24) is 0 Å². The van der Waals surface area contributed by atoms with Crippen LogP contribution >= 0.6 is 0 Å². The molecule has 18 heavy (non-hydrogen) atoms. The molecule has 1 fully saturated rings. The quantitative estimate of drug-likeness (QED) is 0.877. The molecule has 1 aromatic rings. The summed E-state index contributed by atoms with van der Waals surface area (Å²) < 4.78 is 0. The smallest absolute Gasteiger partial charge is 0.0366 e. The predicted molar refractivity (Wildman–Crippen MR) is 78.9 cm³/mol. The van der Waals surface area contributed by atoms with E-state index >= 15 is 0 Å². The minimum atomic E-state index is 0.134. The summed E-state index contributed by atoms with van der Waals surface area (Å²) in [6.45, 7) is 6.74. The molecular weight excluding hydrogens is 220 g/mol. The summed E-state index contributed by atoms with van der Waals surface area (Å²) in [6, 6.07) is 8.91. The standard InChI is InChI=1S/C16H26N2/c1-3-4-14-9-11-18(12-10-14)16-7-5-15(6-8-16)13(2)17/h5-8,13-14H,3-4,9-12,17H2,1-2H3/t13-/m0/s1. The molecule has 2 N–H and O–H groups in total. The van der Waals surface area contributed by atoms with Gasteiger partial charge in [0.25, 0.3) is 0 Å². The Labute approximate surface area is 111 Å². The van der Waals surface area contributed by atoms with Gasteiger partial charge in [-0.05, 0) is 43.4 Å². The van der Waals surface area contributed by atoms with Crippen molar-refractivity contribution in [2.75, 3.05) is 18.0 Å². The number of hydrogen-bond acceptors (Lipinski definition) is 2. The van der Waals surface area contributed by atoms with Crippen LogP contribution in [0.2, 0.25) is 0 Å².